The number of hydrogen-bond donors (Lipinski definition) is 4. The topological polar surface area (TPSA) is 128 Å². The van der Waals surface area contributed by atoms with E-state index in [1.807, 2.05) is 37.3 Å². The molecule has 0 heterocycles. The quantitative estimate of drug-likeness (QED) is 0.303. The maximum Gasteiger partial charge on any atom is 0.408 e. The summed E-state index contributed by atoms with van der Waals surface area (Å²) in [4.78, 5) is 41.9. The second kappa shape index (κ2) is 14.7. The van der Waals surface area contributed by atoms with Gasteiger partial charge in [0, 0.05) is 18.2 Å². The Labute approximate surface area is 237 Å². The van der Waals surface area contributed by atoms with Crippen LogP contribution in [-0.4, -0.2) is 57.3 Å². The van der Waals surface area contributed by atoms with Crippen molar-refractivity contribution in [2.45, 2.75) is 91.6 Å². The molecule has 9 nitrogen and oxygen atoms in total. The Morgan fingerprint density at radius 3 is 2.20 bits per heavy atom. The molecule has 0 aliphatic rings. The average molecular weight is 556 g/mol. The van der Waals surface area contributed by atoms with Gasteiger partial charge in [-0.1, -0.05) is 62.4 Å². The number of aliphatic hydroxyl groups excluding tert-OH is 1. The van der Waals surface area contributed by atoms with E-state index in [2.05, 4.69) is 24.5 Å². The van der Waals surface area contributed by atoms with Crippen LogP contribution in [-0.2, 0) is 20.9 Å². The van der Waals surface area contributed by atoms with E-state index >= 15 is 0 Å². The molecule has 0 saturated heterocycles. The number of carbonyl (C=O) groups excluding carboxylic acids is 3. The minimum absolute atomic E-state index is 0.100. The van der Waals surface area contributed by atoms with Gasteiger partial charge in [0.05, 0.1) is 6.61 Å². The molecule has 0 bridgehead atoms. The van der Waals surface area contributed by atoms with Gasteiger partial charge in [0.15, 0.2) is 0 Å². The number of nitrogens with one attached hydrogen (secondary N) is 2. The summed E-state index contributed by atoms with van der Waals surface area (Å²) >= 11 is 0. The molecule has 9 heteroatoms. The van der Waals surface area contributed by atoms with Crippen molar-refractivity contribution >= 4 is 17.9 Å². The predicted octanol–water partition coefficient (Wildman–Crippen LogP) is 4.60. The van der Waals surface area contributed by atoms with Crippen molar-refractivity contribution < 1.29 is 29.3 Å². The Hall–Kier alpha value is -3.59. The van der Waals surface area contributed by atoms with Gasteiger partial charge >= 0.3 is 6.09 Å². The summed E-state index contributed by atoms with van der Waals surface area (Å²) in [5, 5.41) is 26.6. The van der Waals surface area contributed by atoms with Crippen LogP contribution in [0.4, 0.5) is 4.79 Å². The lowest BCUT2D eigenvalue weighted by atomic mass is 9.95. The fraction of sp³-hybridized carbons (Fsp3) is 0.516. The van der Waals surface area contributed by atoms with Crippen LogP contribution in [0.25, 0.3) is 0 Å². The minimum atomic E-state index is -1.37. The first kappa shape index (κ1) is 32.6. The summed E-state index contributed by atoms with van der Waals surface area (Å²) in [6.45, 7) is 12.3. The standard InChI is InChI=1S/C31H45N3O6/c1-20(2)16-17-22(4)34(29(38)25(19-35)33-30(39)40-31(5,6)7)26(24-15-11-12-21(3)27(24)36)28(37)32-18-23-13-9-8-10-14-23/h8-15,20,22,25-26,35-36H,16-19H2,1-7H3,(H,32,37)(H,33,39). The van der Waals surface area contributed by atoms with Crippen molar-refractivity contribution in [2.24, 2.45) is 5.92 Å². The number of aliphatic hydroxyl groups is 1. The highest BCUT2D eigenvalue weighted by Crippen LogP contribution is 2.34. The highest BCUT2D eigenvalue weighted by Gasteiger charge is 2.40. The Morgan fingerprint density at radius 2 is 1.62 bits per heavy atom. The summed E-state index contributed by atoms with van der Waals surface area (Å²) in [5.41, 5.74) is 0.856. The van der Waals surface area contributed by atoms with E-state index in [0.717, 1.165) is 12.0 Å². The summed E-state index contributed by atoms with van der Waals surface area (Å²) in [5.74, 6) is -0.920. The molecule has 3 unspecified atom stereocenters. The van der Waals surface area contributed by atoms with Crippen LogP contribution in [0.3, 0.4) is 0 Å². The van der Waals surface area contributed by atoms with E-state index in [1.54, 1.807) is 45.9 Å². The second-order valence-electron chi connectivity index (χ2n) is 11.6. The number of aromatic hydroxyl groups is 1. The maximum absolute atomic E-state index is 14.1. The molecule has 0 aromatic heterocycles. The molecule has 0 saturated carbocycles. The minimum Gasteiger partial charge on any atom is -0.507 e. The number of nitrogens with zero attached hydrogens (tertiary/aromatic N) is 1. The van der Waals surface area contributed by atoms with Gasteiger partial charge in [-0.3, -0.25) is 9.59 Å². The lowest BCUT2D eigenvalue weighted by Crippen LogP contribution is -2.56. The van der Waals surface area contributed by atoms with Gasteiger partial charge in [-0.2, -0.15) is 0 Å². The molecule has 3 atom stereocenters. The van der Waals surface area contributed by atoms with Gasteiger partial charge in [0.1, 0.15) is 23.4 Å². The Morgan fingerprint density at radius 1 is 0.975 bits per heavy atom. The number of para-hydroxylation sites is 1. The molecule has 3 amide bonds. The fourth-order valence-electron chi connectivity index (χ4n) is 4.33. The number of phenolic OH excluding ortho intramolecular Hbond substituents is 1. The summed E-state index contributed by atoms with van der Waals surface area (Å²) in [7, 11) is 0. The SMILES string of the molecule is Cc1cccc(C(C(=O)NCc2ccccc2)N(C(=O)C(CO)NC(=O)OC(C)(C)C)C(C)CCC(C)C)c1O. The molecular formula is C31H45N3O6. The third-order valence-electron chi connectivity index (χ3n) is 6.46. The first-order chi connectivity index (χ1) is 18.7. The molecule has 0 radical (unpaired) electrons. The van der Waals surface area contributed by atoms with E-state index in [0.29, 0.717) is 17.9 Å². The van der Waals surface area contributed by atoms with Crippen LogP contribution in [0, 0.1) is 12.8 Å². The van der Waals surface area contributed by atoms with E-state index in [9.17, 15) is 24.6 Å². The molecule has 0 fully saturated rings. The predicted molar refractivity (Wildman–Crippen MR) is 154 cm³/mol. The second-order valence-corrected chi connectivity index (χ2v) is 11.6. The highest BCUT2D eigenvalue weighted by molar-refractivity contribution is 5.93. The number of rotatable bonds is 12. The molecule has 220 valence electrons. The zero-order valence-corrected chi connectivity index (χ0v) is 24.7. The number of hydrogen-bond acceptors (Lipinski definition) is 6. The summed E-state index contributed by atoms with van der Waals surface area (Å²) in [6, 6.07) is 11.3. The molecule has 2 aromatic carbocycles. The van der Waals surface area contributed by atoms with Crippen molar-refractivity contribution in [3.05, 3.63) is 65.2 Å². The Balaban J connectivity index is 2.56. The van der Waals surface area contributed by atoms with Gasteiger partial charge in [0.2, 0.25) is 11.8 Å². The van der Waals surface area contributed by atoms with Gasteiger partial charge in [-0.05, 0) is 64.5 Å². The first-order valence-electron chi connectivity index (χ1n) is 13.8. The number of carbonyl (C=O) groups is 3. The van der Waals surface area contributed by atoms with Crippen LogP contribution < -0.4 is 10.6 Å². The molecule has 2 rings (SSSR count). The van der Waals surface area contributed by atoms with Gasteiger partial charge in [0.25, 0.3) is 0 Å². The van der Waals surface area contributed by atoms with E-state index < -0.39 is 48.2 Å². The zero-order chi connectivity index (χ0) is 30.0. The largest absolute Gasteiger partial charge is 0.507 e. The lowest BCUT2D eigenvalue weighted by molar-refractivity contribution is -0.146. The monoisotopic (exact) mass is 555 g/mol. The Bertz CT molecular complexity index is 1130. The van der Waals surface area contributed by atoms with Crippen LogP contribution in [0.1, 0.15) is 77.1 Å². The smallest absolute Gasteiger partial charge is 0.408 e. The summed E-state index contributed by atoms with van der Waals surface area (Å²) in [6.07, 6.45) is 0.466. The van der Waals surface area contributed by atoms with Gasteiger partial charge < -0.3 is 30.5 Å². The number of phenols is 1. The van der Waals surface area contributed by atoms with Crippen LogP contribution in [0.5, 0.6) is 5.75 Å². The molecule has 40 heavy (non-hydrogen) atoms. The summed E-state index contributed by atoms with van der Waals surface area (Å²) < 4.78 is 5.30. The van der Waals surface area contributed by atoms with Gasteiger partial charge in [-0.15, -0.1) is 0 Å². The maximum atomic E-state index is 14.1. The van der Waals surface area contributed by atoms with Crippen LogP contribution in [0.2, 0.25) is 0 Å². The van der Waals surface area contributed by atoms with E-state index in [-0.39, 0.29) is 17.9 Å². The molecule has 4 N–H and O–H groups in total. The first-order valence-corrected chi connectivity index (χ1v) is 13.8. The Kier molecular flexibility index (Phi) is 12.0. The van der Waals surface area contributed by atoms with E-state index in [4.69, 9.17) is 4.74 Å². The molecule has 0 spiro atoms. The van der Waals surface area contributed by atoms with Gasteiger partial charge in [-0.25, -0.2) is 4.79 Å². The third kappa shape index (κ3) is 9.55. The number of alkyl carbamates (subject to hydrolysis) is 1. The van der Waals surface area contributed by atoms with E-state index in [1.165, 1.54) is 4.90 Å². The molecule has 2 aromatic rings. The van der Waals surface area contributed by atoms with Crippen molar-refractivity contribution in [1.29, 1.82) is 0 Å². The normalized spacial score (nSPS) is 13.7. The number of amides is 3. The van der Waals surface area contributed by atoms with Crippen molar-refractivity contribution in [2.75, 3.05) is 6.61 Å². The van der Waals surface area contributed by atoms with Crippen molar-refractivity contribution in [1.82, 2.24) is 15.5 Å². The number of aryl methyl sites for hydroxylation is 1. The van der Waals surface area contributed by atoms with Crippen LogP contribution >= 0.6 is 0 Å². The molecular weight excluding hydrogens is 510 g/mol. The fourth-order valence-corrected chi connectivity index (χ4v) is 4.33. The zero-order valence-electron chi connectivity index (χ0n) is 24.7. The number of benzene rings is 2. The highest BCUT2D eigenvalue weighted by atomic mass is 16.6. The van der Waals surface area contributed by atoms with Crippen molar-refractivity contribution in [3.63, 3.8) is 0 Å². The van der Waals surface area contributed by atoms with Crippen molar-refractivity contribution in [3.8, 4) is 5.75 Å². The molecule has 0 aliphatic carbocycles. The average Bonchev–Trinajstić information content (AvgIpc) is 2.88. The molecule has 0 aliphatic heterocycles. The van der Waals surface area contributed by atoms with Crippen LogP contribution in [0.15, 0.2) is 48.5 Å². The lowest BCUT2D eigenvalue weighted by Gasteiger charge is -2.38. The third-order valence-corrected chi connectivity index (χ3v) is 6.46. The number of ether oxygens (including phenoxy) is 1.